The van der Waals surface area contributed by atoms with Gasteiger partial charge in [0.05, 0.1) is 16.9 Å². The van der Waals surface area contributed by atoms with Crippen molar-refractivity contribution in [3.8, 4) is 0 Å². The largest absolute Gasteiger partial charge is 0.389 e. The van der Waals surface area contributed by atoms with Crippen molar-refractivity contribution in [2.75, 3.05) is 6.54 Å². The first-order valence-corrected chi connectivity index (χ1v) is 8.89. The summed E-state index contributed by atoms with van der Waals surface area (Å²) in [5.74, 6) is -0.204. The Kier molecular flexibility index (Phi) is 4.84. The molecule has 0 aliphatic carbocycles. The fourth-order valence-corrected chi connectivity index (χ4v) is 3.26. The number of fused-ring (bicyclic) bond motifs is 1. The van der Waals surface area contributed by atoms with E-state index in [1.807, 2.05) is 38.1 Å². The lowest BCUT2D eigenvalue weighted by Crippen LogP contribution is -2.44. The van der Waals surface area contributed by atoms with Crippen molar-refractivity contribution in [1.29, 1.82) is 0 Å². The lowest BCUT2D eigenvalue weighted by atomic mass is 9.93. The lowest BCUT2D eigenvalue weighted by molar-refractivity contribution is 0.0190. The number of sulfonamides is 1. The molecule has 0 aliphatic rings. The summed E-state index contributed by atoms with van der Waals surface area (Å²) in [6.45, 7) is 5.32. The summed E-state index contributed by atoms with van der Waals surface area (Å²) in [7, 11) is -3.54. The van der Waals surface area contributed by atoms with E-state index in [1.54, 1.807) is 19.2 Å². The van der Waals surface area contributed by atoms with E-state index in [4.69, 9.17) is 0 Å². The molecule has 5 nitrogen and oxygen atoms in total. The van der Waals surface area contributed by atoms with E-state index in [-0.39, 0.29) is 18.2 Å². The van der Waals surface area contributed by atoms with E-state index in [0.717, 1.165) is 5.39 Å². The van der Waals surface area contributed by atoms with E-state index in [2.05, 4.69) is 9.71 Å². The zero-order valence-electron chi connectivity index (χ0n) is 13.1. The van der Waals surface area contributed by atoms with E-state index in [0.29, 0.717) is 11.1 Å². The first-order chi connectivity index (χ1) is 10.2. The minimum atomic E-state index is -3.54. The summed E-state index contributed by atoms with van der Waals surface area (Å²) in [6, 6.07) is 9.19. The smallest absolute Gasteiger partial charge is 0.215 e. The van der Waals surface area contributed by atoms with Gasteiger partial charge in [0.15, 0.2) is 0 Å². The number of hydrogen-bond acceptors (Lipinski definition) is 4. The lowest BCUT2D eigenvalue weighted by Gasteiger charge is -2.27. The molecular formula is C16H22N2O3S. The zero-order chi connectivity index (χ0) is 16.4. The average Bonchev–Trinajstić information content (AvgIpc) is 2.45. The van der Waals surface area contributed by atoms with Crippen LogP contribution in [0.15, 0.2) is 36.5 Å². The van der Waals surface area contributed by atoms with Gasteiger partial charge < -0.3 is 5.11 Å². The third kappa shape index (κ3) is 4.03. The first-order valence-electron chi connectivity index (χ1n) is 7.23. The number of rotatable bonds is 6. The molecule has 120 valence electrons. The normalized spacial score (nSPS) is 15.1. The minimum Gasteiger partial charge on any atom is -0.389 e. The van der Waals surface area contributed by atoms with Crippen LogP contribution in [0.5, 0.6) is 0 Å². The SMILES string of the molecule is CC(C)C(C)(O)CNS(=O)(=O)Cc1cccc2cccnc12. The van der Waals surface area contributed by atoms with E-state index < -0.39 is 15.6 Å². The maximum Gasteiger partial charge on any atom is 0.215 e. The number of nitrogens with one attached hydrogen (secondary N) is 1. The highest BCUT2D eigenvalue weighted by Crippen LogP contribution is 2.19. The monoisotopic (exact) mass is 322 g/mol. The Morgan fingerprint density at radius 3 is 2.64 bits per heavy atom. The van der Waals surface area contributed by atoms with Gasteiger partial charge in [-0.15, -0.1) is 0 Å². The molecule has 2 aromatic rings. The molecule has 0 saturated heterocycles. The predicted molar refractivity (Wildman–Crippen MR) is 87.8 cm³/mol. The molecule has 0 saturated carbocycles. The summed E-state index contributed by atoms with van der Waals surface area (Å²) in [6.07, 6.45) is 1.65. The highest BCUT2D eigenvalue weighted by atomic mass is 32.2. The summed E-state index contributed by atoms with van der Waals surface area (Å²) in [5.41, 5.74) is 0.255. The molecule has 1 heterocycles. The van der Waals surface area contributed by atoms with Crippen LogP contribution in [0.1, 0.15) is 26.3 Å². The molecule has 1 unspecified atom stereocenters. The van der Waals surface area contributed by atoms with Gasteiger partial charge in [-0.3, -0.25) is 4.98 Å². The fourth-order valence-electron chi connectivity index (χ4n) is 2.00. The summed E-state index contributed by atoms with van der Waals surface area (Å²) in [5, 5.41) is 11.1. The second-order valence-electron chi connectivity index (χ2n) is 6.08. The van der Waals surface area contributed by atoms with Crippen molar-refractivity contribution in [2.45, 2.75) is 32.1 Å². The number of hydrogen-bond donors (Lipinski definition) is 2. The number of benzene rings is 1. The van der Waals surface area contributed by atoms with Crippen LogP contribution in [-0.4, -0.2) is 30.7 Å². The van der Waals surface area contributed by atoms with Crippen molar-refractivity contribution >= 4 is 20.9 Å². The third-order valence-corrected chi connectivity index (χ3v) is 5.23. The number of para-hydroxylation sites is 1. The average molecular weight is 322 g/mol. The fraction of sp³-hybridized carbons (Fsp3) is 0.438. The Labute approximate surface area is 131 Å². The van der Waals surface area contributed by atoms with Crippen LogP contribution in [0.2, 0.25) is 0 Å². The Morgan fingerprint density at radius 2 is 1.95 bits per heavy atom. The van der Waals surface area contributed by atoms with Gasteiger partial charge in [0.2, 0.25) is 10.0 Å². The summed E-state index contributed by atoms with van der Waals surface area (Å²) >= 11 is 0. The molecule has 0 aliphatic heterocycles. The molecule has 2 rings (SSSR count). The van der Waals surface area contributed by atoms with Gasteiger partial charge in [-0.2, -0.15) is 0 Å². The molecule has 0 radical (unpaired) electrons. The van der Waals surface area contributed by atoms with Crippen molar-refractivity contribution in [1.82, 2.24) is 9.71 Å². The van der Waals surface area contributed by atoms with E-state index in [1.165, 1.54) is 0 Å². The molecule has 6 heteroatoms. The molecule has 2 N–H and O–H groups in total. The predicted octanol–water partition coefficient (Wildman–Crippen LogP) is 2.06. The van der Waals surface area contributed by atoms with E-state index in [9.17, 15) is 13.5 Å². The van der Waals surface area contributed by atoms with Crippen molar-refractivity contribution < 1.29 is 13.5 Å². The minimum absolute atomic E-state index is 0.00874. The third-order valence-electron chi connectivity index (χ3n) is 3.96. The highest BCUT2D eigenvalue weighted by molar-refractivity contribution is 7.88. The van der Waals surface area contributed by atoms with Crippen molar-refractivity contribution in [3.05, 3.63) is 42.1 Å². The second-order valence-corrected chi connectivity index (χ2v) is 7.89. The van der Waals surface area contributed by atoms with Gasteiger partial charge in [-0.25, -0.2) is 13.1 Å². The second kappa shape index (κ2) is 6.32. The number of aromatic nitrogens is 1. The van der Waals surface area contributed by atoms with Crippen LogP contribution in [0.25, 0.3) is 10.9 Å². The topological polar surface area (TPSA) is 79.3 Å². The highest BCUT2D eigenvalue weighted by Gasteiger charge is 2.27. The Morgan fingerprint density at radius 1 is 1.27 bits per heavy atom. The van der Waals surface area contributed by atoms with Gasteiger partial charge in [0, 0.05) is 18.1 Å². The van der Waals surface area contributed by atoms with Crippen molar-refractivity contribution in [2.24, 2.45) is 5.92 Å². The van der Waals surface area contributed by atoms with Crippen LogP contribution in [0.4, 0.5) is 0 Å². The Bertz CT molecular complexity index is 750. The molecule has 0 spiro atoms. The molecule has 1 aromatic heterocycles. The Hall–Kier alpha value is -1.50. The van der Waals surface area contributed by atoms with Crippen LogP contribution < -0.4 is 4.72 Å². The maximum absolute atomic E-state index is 12.3. The van der Waals surface area contributed by atoms with Gasteiger partial charge in [-0.1, -0.05) is 38.1 Å². The van der Waals surface area contributed by atoms with Gasteiger partial charge in [0.1, 0.15) is 0 Å². The van der Waals surface area contributed by atoms with Crippen LogP contribution >= 0.6 is 0 Å². The van der Waals surface area contributed by atoms with Gasteiger partial charge in [-0.05, 0) is 24.5 Å². The zero-order valence-corrected chi connectivity index (χ0v) is 13.9. The standard InChI is InChI=1S/C16H22N2O3S/c1-12(2)16(3,19)11-18-22(20,21)10-14-7-4-6-13-8-5-9-17-15(13)14/h4-9,12,18-19H,10-11H2,1-3H3. The summed E-state index contributed by atoms with van der Waals surface area (Å²) < 4.78 is 27.0. The molecule has 22 heavy (non-hydrogen) atoms. The molecule has 0 fully saturated rings. The molecular weight excluding hydrogens is 300 g/mol. The van der Waals surface area contributed by atoms with Crippen LogP contribution in [0, 0.1) is 5.92 Å². The molecule has 1 aromatic carbocycles. The van der Waals surface area contributed by atoms with Crippen LogP contribution in [-0.2, 0) is 15.8 Å². The van der Waals surface area contributed by atoms with Gasteiger partial charge >= 0.3 is 0 Å². The molecule has 0 bridgehead atoms. The quantitative estimate of drug-likeness (QED) is 0.853. The Balaban J connectivity index is 2.18. The number of pyridine rings is 1. The first kappa shape index (κ1) is 16.9. The van der Waals surface area contributed by atoms with Crippen molar-refractivity contribution in [3.63, 3.8) is 0 Å². The molecule has 1 atom stereocenters. The number of aliphatic hydroxyl groups is 1. The summed E-state index contributed by atoms with van der Waals surface area (Å²) in [4.78, 5) is 4.26. The number of nitrogens with zero attached hydrogens (tertiary/aromatic N) is 1. The van der Waals surface area contributed by atoms with Crippen LogP contribution in [0.3, 0.4) is 0 Å². The van der Waals surface area contributed by atoms with E-state index >= 15 is 0 Å². The molecule has 0 amide bonds. The van der Waals surface area contributed by atoms with Gasteiger partial charge in [0.25, 0.3) is 0 Å². The maximum atomic E-state index is 12.3.